The number of aromatic nitrogens is 1. The quantitative estimate of drug-likeness (QED) is 0.924. The van der Waals surface area contributed by atoms with Gasteiger partial charge in [-0.25, -0.2) is 9.78 Å². The second kappa shape index (κ2) is 5.61. The van der Waals surface area contributed by atoms with Gasteiger partial charge in [0.25, 0.3) is 0 Å². The Morgan fingerprint density at radius 3 is 3.00 bits per heavy atom. The largest absolute Gasteiger partial charge is 0.491 e. The molecule has 1 aliphatic rings. The van der Waals surface area contributed by atoms with Gasteiger partial charge in [0.15, 0.2) is 0 Å². The summed E-state index contributed by atoms with van der Waals surface area (Å²) in [6, 6.07) is 9.29. The number of benzene rings is 1. The number of carboxylic acids is 1. The van der Waals surface area contributed by atoms with Crippen LogP contribution in [-0.4, -0.2) is 29.2 Å². The number of nitrogens with zero attached hydrogens (tertiary/aromatic N) is 2. The lowest BCUT2D eigenvalue weighted by molar-refractivity contribution is 0.0697. The van der Waals surface area contributed by atoms with Crippen LogP contribution in [0.25, 0.3) is 0 Å². The van der Waals surface area contributed by atoms with Crippen LogP contribution in [0.15, 0.2) is 36.5 Å². The van der Waals surface area contributed by atoms with Crippen LogP contribution >= 0.6 is 11.6 Å². The van der Waals surface area contributed by atoms with Gasteiger partial charge in [0.1, 0.15) is 18.2 Å². The summed E-state index contributed by atoms with van der Waals surface area (Å²) >= 11 is 5.86. The van der Waals surface area contributed by atoms with Gasteiger partial charge in [-0.3, -0.25) is 0 Å². The highest BCUT2D eigenvalue weighted by Crippen LogP contribution is 2.27. The Morgan fingerprint density at radius 1 is 1.38 bits per heavy atom. The summed E-state index contributed by atoms with van der Waals surface area (Å²) in [6.07, 6.45) is 1.37. The van der Waals surface area contributed by atoms with Crippen LogP contribution in [0.2, 0.25) is 5.02 Å². The average molecular weight is 305 g/mol. The number of hydrogen-bond acceptors (Lipinski definition) is 4. The molecule has 5 nitrogen and oxygen atoms in total. The molecule has 0 radical (unpaired) electrons. The van der Waals surface area contributed by atoms with E-state index in [1.54, 1.807) is 0 Å². The summed E-state index contributed by atoms with van der Waals surface area (Å²) in [5.41, 5.74) is 1.10. The molecule has 0 spiro atoms. The van der Waals surface area contributed by atoms with Crippen molar-refractivity contribution in [2.24, 2.45) is 0 Å². The van der Waals surface area contributed by atoms with E-state index in [1.807, 2.05) is 29.2 Å². The van der Waals surface area contributed by atoms with Crippen molar-refractivity contribution >= 4 is 23.4 Å². The van der Waals surface area contributed by atoms with Crippen molar-refractivity contribution in [3.63, 3.8) is 0 Å². The van der Waals surface area contributed by atoms with Gasteiger partial charge < -0.3 is 14.7 Å². The summed E-state index contributed by atoms with van der Waals surface area (Å²) in [5, 5.41) is 9.28. The first-order valence-corrected chi connectivity index (χ1v) is 6.87. The van der Waals surface area contributed by atoms with Crippen LogP contribution in [0.1, 0.15) is 15.9 Å². The normalized spacial score (nSPS) is 14.0. The molecule has 0 atom stereocenters. The van der Waals surface area contributed by atoms with Crippen LogP contribution in [0.4, 0.5) is 5.82 Å². The average Bonchev–Trinajstić information content (AvgIpc) is 2.69. The summed E-state index contributed by atoms with van der Waals surface area (Å²) in [4.78, 5) is 17.4. The van der Waals surface area contributed by atoms with E-state index in [-0.39, 0.29) is 10.6 Å². The van der Waals surface area contributed by atoms with Crippen molar-refractivity contribution in [2.45, 2.75) is 6.54 Å². The number of rotatable bonds is 2. The van der Waals surface area contributed by atoms with Gasteiger partial charge >= 0.3 is 5.97 Å². The summed E-state index contributed by atoms with van der Waals surface area (Å²) < 4.78 is 5.69. The molecular formula is C15H13ClN2O3. The van der Waals surface area contributed by atoms with Gasteiger partial charge in [0.2, 0.25) is 0 Å². The Labute approximate surface area is 126 Å². The van der Waals surface area contributed by atoms with E-state index < -0.39 is 5.97 Å². The number of aromatic carboxylic acids is 1. The Bertz CT molecular complexity index is 690. The molecule has 1 aliphatic heterocycles. The Hall–Kier alpha value is -2.27. The molecule has 3 rings (SSSR count). The number of hydrogen-bond donors (Lipinski definition) is 1. The van der Waals surface area contributed by atoms with Crippen LogP contribution in [0.3, 0.4) is 0 Å². The molecule has 1 aromatic heterocycles. The topological polar surface area (TPSA) is 62.7 Å². The Kier molecular flexibility index (Phi) is 3.66. The number of para-hydroxylation sites is 1. The lowest BCUT2D eigenvalue weighted by Crippen LogP contribution is -2.26. The maximum atomic E-state index is 11.2. The van der Waals surface area contributed by atoms with Crippen LogP contribution in [-0.2, 0) is 6.54 Å². The van der Waals surface area contributed by atoms with Crippen molar-refractivity contribution in [1.29, 1.82) is 0 Å². The standard InChI is InChI=1S/C15H13ClN2O3/c16-12-8-17-14(7-11(12)15(19)20)18-5-6-21-13-4-2-1-3-10(13)9-18/h1-4,7-8H,5-6,9H2,(H,19,20). The van der Waals surface area contributed by atoms with Gasteiger partial charge in [-0.15, -0.1) is 0 Å². The minimum atomic E-state index is -1.06. The number of ether oxygens (including phenoxy) is 1. The minimum absolute atomic E-state index is 0.0557. The Balaban J connectivity index is 1.94. The number of pyridine rings is 1. The van der Waals surface area contributed by atoms with E-state index in [0.29, 0.717) is 25.5 Å². The van der Waals surface area contributed by atoms with Crippen molar-refractivity contribution in [3.8, 4) is 5.75 Å². The van der Waals surface area contributed by atoms with Gasteiger partial charge in [-0.1, -0.05) is 29.8 Å². The highest BCUT2D eigenvalue weighted by Gasteiger charge is 2.18. The monoisotopic (exact) mass is 304 g/mol. The predicted molar refractivity (Wildman–Crippen MR) is 79.2 cm³/mol. The van der Waals surface area contributed by atoms with Gasteiger partial charge in [0, 0.05) is 18.3 Å². The molecule has 0 amide bonds. The number of halogens is 1. The third-order valence-corrected chi connectivity index (χ3v) is 3.65. The van der Waals surface area contributed by atoms with E-state index in [1.165, 1.54) is 12.3 Å². The minimum Gasteiger partial charge on any atom is -0.491 e. The second-order valence-corrected chi connectivity index (χ2v) is 5.11. The zero-order chi connectivity index (χ0) is 14.8. The SMILES string of the molecule is O=C(O)c1cc(N2CCOc3ccccc3C2)ncc1Cl. The maximum Gasteiger partial charge on any atom is 0.337 e. The van der Waals surface area contributed by atoms with Crippen molar-refractivity contribution < 1.29 is 14.6 Å². The third kappa shape index (κ3) is 2.78. The van der Waals surface area contributed by atoms with E-state index in [2.05, 4.69) is 4.98 Å². The molecule has 0 saturated heterocycles. The second-order valence-electron chi connectivity index (χ2n) is 4.71. The lowest BCUT2D eigenvalue weighted by atomic mass is 10.2. The molecule has 21 heavy (non-hydrogen) atoms. The number of carboxylic acid groups (broad SMARTS) is 1. The number of anilines is 1. The summed E-state index contributed by atoms with van der Waals surface area (Å²) in [7, 11) is 0. The van der Waals surface area contributed by atoms with Crippen LogP contribution in [0.5, 0.6) is 5.75 Å². The van der Waals surface area contributed by atoms with Crippen LogP contribution < -0.4 is 9.64 Å². The molecule has 0 bridgehead atoms. The van der Waals surface area contributed by atoms with Gasteiger partial charge in [-0.05, 0) is 12.1 Å². The fourth-order valence-corrected chi connectivity index (χ4v) is 2.47. The molecule has 2 aromatic rings. The van der Waals surface area contributed by atoms with E-state index >= 15 is 0 Å². The van der Waals surface area contributed by atoms with Gasteiger partial charge in [-0.2, -0.15) is 0 Å². The van der Waals surface area contributed by atoms with Crippen molar-refractivity contribution in [3.05, 3.63) is 52.7 Å². The molecule has 108 valence electrons. The molecular weight excluding hydrogens is 292 g/mol. The first kappa shape index (κ1) is 13.7. The molecule has 0 unspecified atom stereocenters. The predicted octanol–water partition coefficient (Wildman–Crippen LogP) is 2.83. The number of fused-ring (bicyclic) bond motifs is 1. The smallest absolute Gasteiger partial charge is 0.337 e. The lowest BCUT2D eigenvalue weighted by Gasteiger charge is -2.21. The summed E-state index contributed by atoms with van der Waals surface area (Å²) in [6.45, 7) is 1.76. The first-order chi connectivity index (χ1) is 10.1. The molecule has 6 heteroatoms. The molecule has 1 aromatic carbocycles. The molecule has 1 N–H and O–H groups in total. The van der Waals surface area contributed by atoms with E-state index in [4.69, 9.17) is 21.4 Å². The molecule has 0 saturated carbocycles. The fourth-order valence-electron chi connectivity index (χ4n) is 2.29. The molecule has 0 fully saturated rings. The van der Waals surface area contributed by atoms with E-state index in [9.17, 15) is 4.79 Å². The zero-order valence-corrected chi connectivity index (χ0v) is 11.9. The van der Waals surface area contributed by atoms with Gasteiger partial charge in [0.05, 0.1) is 17.1 Å². The molecule has 2 heterocycles. The highest BCUT2D eigenvalue weighted by atomic mass is 35.5. The highest BCUT2D eigenvalue weighted by molar-refractivity contribution is 6.33. The fraction of sp³-hybridized carbons (Fsp3) is 0.200. The first-order valence-electron chi connectivity index (χ1n) is 6.49. The number of carbonyl (C=O) groups is 1. The van der Waals surface area contributed by atoms with Crippen LogP contribution in [0, 0.1) is 0 Å². The van der Waals surface area contributed by atoms with E-state index in [0.717, 1.165) is 11.3 Å². The third-order valence-electron chi connectivity index (χ3n) is 3.35. The summed E-state index contributed by atoms with van der Waals surface area (Å²) in [5.74, 6) is 0.375. The zero-order valence-electron chi connectivity index (χ0n) is 11.1. The maximum absolute atomic E-state index is 11.2. The van der Waals surface area contributed by atoms with Crippen molar-refractivity contribution in [1.82, 2.24) is 4.98 Å². The molecule has 0 aliphatic carbocycles. The Morgan fingerprint density at radius 2 is 2.19 bits per heavy atom. The van der Waals surface area contributed by atoms with Crippen molar-refractivity contribution in [2.75, 3.05) is 18.1 Å².